The van der Waals surface area contributed by atoms with Crippen molar-refractivity contribution in [3.8, 4) is 0 Å². The molecule has 0 saturated carbocycles. The van der Waals surface area contributed by atoms with Gasteiger partial charge in [0.2, 0.25) is 0 Å². The number of amides is 3. The number of halogens is 3. The lowest BCUT2D eigenvalue weighted by Crippen LogP contribution is -2.37. The molecule has 1 aromatic heterocycles. The second-order valence-electron chi connectivity index (χ2n) is 5.60. The Hall–Kier alpha value is -2.06. The van der Waals surface area contributed by atoms with E-state index in [-0.39, 0.29) is 29.1 Å². The summed E-state index contributed by atoms with van der Waals surface area (Å²) in [7, 11) is 0. The molecule has 1 aromatic carbocycles. The summed E-state index contributed by atoms with van der Waals surface area (Å²) in [6.45, 7) is 0.142. The molecule has 2 aromatic rings. The van der Waals surface area contributed by atoms with Crippen LogP contribution in [0.4, 0.5) is 4.79 Å². The number of hydrogen-bond donors (Lipinski definition) is 1. The molecule has 0 bridgehead atoms. The van der Waals surface area contributed by atoms with Crippen LogP contribution in [0.15, 0.2) is 41.4 Å². The number of benzene rings is 1. The summed E-state index contributed by atoms with van der Waals surface area (Å²) in [5.74, 6) is -0.828. The minimum Gasteiger partial charge on any atom is -0.350 e. The molecule has 3 amide bonds. The Morgan fingerprint density at radius 1 is 1.18 bits per heavy atom. The first-order chi connectivity index (χ1) is 13.4. The standard InChI is InChI=1S/C18H12Cl3N3O3S/c19-12-3-1-2-10(15(12)21)8-13-17(26)24(18(27)28-13)7-6-22-16(25)11-4-5-14(20)23-9-11/h1-5,8-9H,6-7H2,(H,22,25)/b13-8-. The number of aromatic nitrogens is 1. The van der Waals surface area contributed by atoms with Gasteiger partial charge in [0.15, 0.2) is 0 Å². The number of rotatable bonds is 5. The van der Waals surface area contributed by atoms with E-state index in [9.17, 15) is 14.4 Å². The first kappa shape index (κ1) is 20.7. The molecule has 0 unspecified atom stereocenters. The summed E-state index contributed by atoms with van der Waals surface area (Å²) in [6.07, 6.45) is 2.87. The normalized spacial score (nSPS) is 15.4. The van der Waals surface area contributed by atoms with Crippen LogP contribution in [0.1, 0.15) is 15.9 Å². The molecule has 144 valence electrons. The van der Waals surface area contributed by atoms with Crippen LogP contribution in [-0.2, 0) is 4.79 Å². The van der Waals surface area contributed by atoms with Gasteiger partial charge in [-0.3, -0.25) is 19.3 Å². The smallest absolute Gasteiger partial charge is 0.293 e. The predicted octanol–water partition coefficient (Wildman–Crippen LogP) is 4.51. The maximum atomic E-state index is 12.5. The Bertz CT molecular complexity index is 980. The van der Waals surface area contributed by atoms with Crippen molar-refractivity contribution in [3.05, 3.63) is 67.8 Å². The molecule has 10 heteroatoms. The molecule has 2 heterocycles. The number of nitrogens with one attached hydrogen (secondary N) is 1. The molecular weight excluding hydrogens is 445 g/mol. The molecule has 3 rings (SSSR count). The van der Waals surface area contributed by atoms with Gasteiger partial charge in [-0.15, -0.1) is 0 Å². The number of thioether (sulfide) groups is 1. The summed E-state index contributed by atoms with van der Waals surface area (Å²) in [6, 6.07) is 8.06. The van der Waals surface area contributed by atoms with Crippen LogP contribution in [0.5, 0.6) is 0 Å². The number of imide groups is 1. The molecule has 1 saturated heterocycles. The van der Waals surface area contributed by atoms with Gasteiger partial charge in [0.1, 0.15) is 5.15 Å². The highest BCUT2D eigenvalue weighted by molar-refractivity contribution is 8.18. The number of carbonyl (C=O) groups excluding carboxylic acids is 3. The molecule has 0 aliphatic carbocycles. The summed E-state index contributed by atoms with van der Waals surface area (Å²) in [5, 5.41) is 3.15. The molecule has 1 fully saturated rings. The lowest BCUT2D eigenvalue weighted by molar-refractivity contribution is -0.122. The number of hydrogen-bond acceptors (Lipinski definition) is 5. The second kappa shape index (κ2) is 8.96. The van der Waals surface area contributed by atoms with Crippen molar-refractivity contribution >= 4 is 69.7 Å². The Labute approximate surface area is 179 Å². The number of nitrogens with zero attached hydrogens (tertiary/aromatic N) is 2. The van der Waals surface area contributed by atoms with Crippen LogP contribution in [0.3, 0.4) is 0 Å². The van der Waals surface area contributed by atoms with Crippen molar-refractivity contribution in [2.24, 2.45) is 0 Å². The Morgan fingerprint density at radius 3 is 2.68 bits per heavy atom. The quantitative estimate of drug-likeness (QED) is 0.529. The van der Waals surface area contributed by atoms with Gasteiger partial charge in [-0.05, 0) is 41.6 Å². The minimum absolute atomic E-state index is 0.0397. The molecule has 6 nitrogen and oxygen atoms in total. The topological polar surface area (TPSA) is 79.4 Å². The van der Waals surface area contributed by atoms with Gasteiger partial charge in [0, 0.05) is 19.3 Å². The summed E-state index contributed by atoms with van der Waals surface area (Å²) < 4.78 is 0. The molecule has 0 spiro atoms. The maximum Gasteiger partial charge on any atom is 0.293 e. The first-order valence-corrected chi connectivity index (χ1v) is 9.91. The second-order valence-corrected chi connectivity index (χ2v) is 7.77. The minimum atomic E-state index is -0.451. The lowest BCUT2D eigenvalue weighted by Gasteiger charge is -2.13. The van der Waals surface area contributed by atoms with Crippen LogP contribution < -0.4 is 5.32 Å². The SMILES string of the molecule is O=C(NCCN1C(=O)S/C(=C\c2cccc(Cl)c2Cl)C1=O)c1ccc(Cl)nc1. The van der Waals surface area contributed by atoms with Gasteiger partial charge < -0.3 is 5.32 Å². The van der Waals surface area contributed by atoms with Crippen LogP contribution in [-0.4, -0.2) is 40.0 Å². The van der Waals surface area contributed by atoms with Crippen LogP contribution in [0.2, 0.25) is 15.2 Å². The first-order valence-electron chi connectivity index (χ1n) is 7.96. The van der Waals surface area contributed by atoms with Gasteiger partial charge in [0.05, 0.1) is 20.5 Å². The van der Waals surface area contributed by atoms with Gasteiger partial charge >= 0.3 is 0 Å². The van der Waals surface area contributed by atoms with Gasteiger partial charge in [-0.1, -0.05) is 46.9 Å². The highest BCUT2D eigenvalue weighted by Crippen LogP contribution is 2.34. The van der Waals surface area contributed by atoms with E-state index < -0.39 is 11.1 Å². The predicted molar refractivity (Wildman–Crippen MR) is 111 cm³/mol. The number of carbonyl (C=O) groups is 3. The van der Waals surface area contributed by atoms with E-state index >= 15 is 0 Å². The molecule has 1 aliphatic rings. The number of pyridine rings is 1. The fourth-order valence-electron chi connectivity index (χ4n) is 2.36. The van der Waals surface area contributed by atoms with E-state index in [2.05, 4.69) is 10.3 Å². The molecule has 1 aliphatic heterocycles. The van der Waals surface area contributed by atoms with E-state index in [1.807, 2.05) is 0 Å². The Balaban J connectivity index is 1.62. The van der Waals surface area contributed by atoms with E-state index in [4.69, 9.17) is 34.8 Å². The zero-order valence-electron chi connectivity index (χ0n) is 14.1. The van der Waals surface area contributed by atoms with Gasteiger partial charge in [-0.25, -0.2) is 4.98 Å². The summed E-state index contributed by atoms with van der Waals surface area (Å²) in [4.78, 5) is 41.8. The fraction of sp³-hybridized carbons (Fsp3) is 0.111. The van der Waals surface area contributed by atoms with E-state index in [1.54, 1.807) is 18.2 Å². The largest absolute Gasteiger partial charge is 0.350 e. The van der Waals surface area contributed by atoms with E-state index in [1.165, 1.54) is 24.4 Å². The lowest BCUT2D eigenvalue weighted by atomic mass is 10.2. The fourth-order valence-corrected chi connectivity index (χ4v) is 3.69. The highest BCUT2D eigenvalue weighted by Gasteiger charge is 2.34. The third kappa shape index (κ3) is 4.67. The monoisotopic (exact) mass is 455 g/mol. The summed E-state index contributed by atoms with van der Waals surface area (Å²) in [5.41, 5.74) is 0.872. The average molecular weight is 457 g/mol. The van der Waals surface area contributed by atoms with Crippen LogP contribution >= 0.6 is 46.6 Å². The molecule has 1 N–H and O–H groups in total. The molecule has 0 radical (unpaired) electrons. The van der Waals surface area contributed by atoms with Crippen molar-refractivity contribution in [2.75, 3.05) is 13.1 Å². The van der Waals surface area contributed by atoms with E-state index in [0.717, 1.165) is 16.7 Å². The third-order valence-electron chi connectivity index (χ3n) is 3.75. The van der Waals surface area contributed by atoms with Gasteiger partial charge in [-0.2, -0.15) is 0 Å². The molecule has 28 heavy (non-hydrogen) atoms. The average Bonchev–Trinajstić information content (AvgIpc) is 2.93. The van der Waals surface area contributed by atoms with Crippen molar-refractivity contribution in [1.82, 2.24) is 15.2 Å². The van der Waals surface area contributed by atoms with Gasteiger partial charge in [0.25, 0.3) is 17.1 Å². The van der Waals surface area contributed by atoms with Crippen molar-refractivity contribution in [1.29, 1.82) is 0 Å². The summed E-state index contributed by atoms with van der Waals surface area (Å²) >= 11 is 18.6. The highest BCUT2D eigenvalue weighted by atomic mass is 35.5. The molecular formula is C18H12Cl3N3O3S. The third-order valence-corrected chi connectivity index (χ3v) is 5.72. The van der Waals surface area contributed by atoms with E-state index in [0.29, 0.717) is 21.2 Å². The van der Waals surface area contributed by atoms with Crippen molar-refractivity contribution < 1.29 is 14.4 Å². The Morgan fingerprint density at radius 2 is 1.96 bits per heavy atom. The van der Waals surface area contributed by atoms with Crippen LogP contribution in [0, 0.1) is 0 Å². The zero-order chi connectivity index (χ0) is 20.3. The van der Waals surface area contributed by atoms with Crippen molar-refractivity contribution in [2.45, 2.75) is 0 Å². The molecule has 0 atom stereocenters. The Kier molecular flexibility index (Phi) is 6.61. The van der Waals surface area contributed by atoms with Crippen molar-refractivity contribution in [3.63, 3.8) is 0 Å². The zero-order valence-corrected chi connectivity index (χ0v) is 17.2. The van der Waals surface area contributed by atoms with Crippen LogP contribution in [0.25, 0.3) is 6.08 Å². The maximum absolute atomic E-state index is 12.5.